The van der Waals surface area contributed by atoms with Gasteiger partial charge in [0.25, 0.3) is 0 Å². The van der Waals surface area contributed by atoms with Crippen molar-refractivity contribution in [1.82, 2.24) is 15.0 Å². The maximum absolute atomic E-state index is 9.66. The smallest absolute Gasteiger partial charge is 0.118 e. The van der Waals surface area contributed by atoms with Crippen LogP contribution in [0.3, 0.4) is 0 Å². The molecule has 2 aromatic carbocycles. The van der Waals surface area contributed by atoms with Gasteiger partial charge in [0.1, 0.15) is 16.8 Å². The third-order valence-electron chi connectivity index (χ3n) is 3.02. The number of phenols is 1. The zero-order chi connectivity index (χ0) is 12.7. The lowest BCUT2D eigenvalue weighted by atomic mass is 10.1. The standard InChI is InChI=1S/C14H13N3O/c1-9-8-14(18)10(2)7-13(9)17-15-11-5-3-4-6-12(11)16-17/h3-8,18H,1-2H3. The molecule has 0 fully saturated rings. The van der Waals surface area contributed by atoms with Crippen molar-refractivity contribution in [3.8, 4) is 11.4 Å². The number of nitrogens with zero attached hydrogens (tertiary/aromatic N) is 3. The number of aromatic nitrogens is 3. The van der Waals surface area contributed by atoms with Crippen LogP contribution in [0.4, 0.5) is 0 Å². The van der Waals surface area contributed by atoms with E-state index in [-0.39, 0.29) is 0 Å². The van der Waals surface area contributed by atoms with Gasteiger partial charge in [0.05, 0.1) is 5.69 Å². The monoisotopic (exact) mass is 239 g/mol. The number of benzene rings is 2. The van der Waals surface area contributed by atoms with Crippen LogP contribution in [0.1, 0.15) is 11.1 Å². The fourth-order valence-corrected chi connectivity index (χ4v) is 1.97. The third-order valence-corrected chi connectivity index (χ3v) is 3.02. The highest BCUT2D eigenvalue weighted by molar-refractivity contribution is 5.73. The van der Waals surface area contributed by atoms with Gasteiger partial charge >= 0.3 is 0 Å². The molecule has 90 valence electrons. The number of aryl methyl sites for hydroxylation is 2. The lowest BCUT2D eigenvalue weighted by Crippen LogP contribution is -2.01. The quantitative estimate of drug-likeness (QED) is 0.710. The summed E-state index contributed by atoms with van der Waals surface area (Å²) in [5.74, 6) is 0.299. The molecular weight excluding hydrogens is 226 g/mol. The minimum atomic E-state index is 0.299. The molecule has 4 heteroatoms. The maximum atomic E-state index is 9.66. The Hall–Kier alpha value is -2.36. The molecule has 0 aliphatic carbocycles. The van der Waals surface area contributed by atoms with Crippen LogP contribution in [-0.4, -0.2) is 20.1 Å². The number of hydrogen-bond donors (Lipinski definition) is 1. The van der Waals surface area contributed by atoms with Crippen LogP contribution in [0, 0.1) is 13.8 Å². The molecule has 1 N–H and O–H groups in total. The highest BCUT2D eigenvalue weighted by Crippen LogP contribution is 2.23. The van der Waals surface area contributed by atoms with E-state index in [0.717, 1.165) is 27.8 Å². The van der Waals surface area contributed by atoms with Gasteiger partial charge in [-0.05, 0) is 49.2 Å². The second-order valence-corrected chi connectivity index (χ2v) is 4.40. The SMILES string of the molecule is Cc1cc(-n2nc3ccccc3n2)c(C)cc1O. The van der Waals surface area contributed by atoms with E-state index >= 15 is 0 Å². The molecule has 0 radical (unpaired) electrons. The zero-order valence-electron chi connectivity index (χ0n) is 10.3. The number of phenolic OH excluding ortho intramolecular Hbond substituents is 1. The van der Waals surface area contributed by atoms with E-state index in [4.69, 9.17) is 0 Å². The van der Waals surface area contributed by atoms with Crippen molar-refractivity contribution in [2.45, 2.75) is 13.8 Å². The lowest BCUT2D eigenvalue weighted by Gasteiger charge is -2.07. The molecule has 3 aromatic rings. The molecule has 0 bridgehead atoms. The molecule has 3 rings (SSSR count). The van der Waals surface area contributed by atoms with E-state index in [1.807, 2.05) is 44.2 Å². The number of fused-ring (bicyclic) bond motifs is 1. The summed E-state index contributed by atoms with van der Waals surface area (Å²) in [6, 6.07) is 11.4. The first-order valence-corrected chi connectivity index (χ1v) is 5.78. The summed E-state index contributed by atoms with van der Waals surface area (Å²) in [7, 11) is 0. The first kappa shape index (κ1) is 10.8. The largest absolute Gasteiger partial charge is 0.508 e. The Morgan fingerprint density at radius 2 is 1.56 bits per heavy atom. The van der Waals surface area contributed by atoms with Gasteiger partial charge in [-0.3, -0.25) is 0 Å². The van der Waals surface area contributed by atoms with E-state index in [1.165, 1.54) is 0 Å². The zero-order valence-corrected chi connectivity index (χ0v) is 10.3. The van der Waals surface area contributed by atoms with Crippen LogP contribution in [-0.2, 0) is 0 Å². The van der Waals surface area contributed by atoms with Crippen molar-refractivity contribution in [3.63, 3.8) is 0 Å². The van der Waals surface area contributed by atoms with Crippen LogP contribution in [0.2, 0.25) is 0 Å². The number of rotatable bonds is 1. The normalized spacial score (nSPS) is 11.0. The molecule has 0 atom stereocenters. The minimum absolute atomic E-state index is 0.299. The molecule has 0 aliphatic rings. The molecule has 0 unspecified atom stereocenters. The fourth-order valence-electron chi connectivity index (χ4n) is 1.97. The Kier molecular flexibility index (Phi) is 2.30. The predicted octanol–water partition coefficient (Wildman–Crippen LogP) is 2.74. The molecule has 0 saturated carbocycles. The van der Waals surface area contributed by atoms with E-state index in [9.17, 15) is 5.11 Å². The van der Waals surface area contributed by atoms with Crippen molar-refractivity contribution in [3.05, 3.63) is 47.5 Å². The summed E-state index contributed by atoms with van der Waals surface area (Å²) in [4.78, 5) is 1.62. The summed E-state index contributed by atoms with van der Waals surface area (Å²) in [6.07, 6.45) is 0. The van der Waals surface area contributed by atoms with Crippen molar-refractivity contribution >= 4 is 11.0 Å². The predicted molar refractivity (Wildman–Crippen MR) is 70.0 cm³/mol. The summed E-state index contributed by atoms with van der Waals surface area (Å²) in [5, 5.41) is 18.5. The van der Waals surface area contributed by atoms with Crippen molar-refractivity contribution < 1.29 is 5.11 Å². The Morgan fingerprint density at radius 3 is 2.17 bits per heavy atom. The van der Waals surface area contributed by atoms with E-state index in [2.05, 4.69) is 10.2 Å². The minimum Gasteiger partial charge on any atom is -0.508 e. The molecule has 0 spiro atoms. The molecule has 18 heavy (non-hydrogen) atoms. The van der Waals surface area contributed by atoms with Crippen molar-refractivity contribution in [2.75, 3.05) is 0 Å². The maximum Gasteiger partial charge on any atom is 0.118 e. The van der Waals surface area contributed by atoms with E-state index < -0.39 is 0 Å². The van der Waals surface area contributed by atoms with Gasteiger partial charge in [-0.2, -0.15) is 4.80 Å². The van der Waals surface area contributed by atoms with Gasteiger partial charge in [-0.1, -0.05) is 12.1 Å². The van der Waals surface area contributed by atoms with Crippen LogP contribution in [0.25, 0.3) is 16.7 Å². The third kappa shape index (κ3) is 1.62. The van der Waals surface area contributed by atoms with Crippen LogP contribution in [0.5, 0.6) is 5.75 Å². The Labute approximate surface area is 104 Å². The molecule has 0 amide bonds. The van der Waals surface area contributed by atoms with Gasteiger partial charge in [0.2, 0.25) is 0 Å². The molecule has 4 nitrogen and oxygen atoms in total. The second-order valence-electron chi connectivity index (χ2n) is 4.40. The van der Waals surface area contributed by atoms with E-state index in [0.29, 0.717) is 5.75 Å². The van der Waals surface area contributed by atoms with Crippen molar-refractivity contribution in [2.24, 2.45) is 0 Å². The first-order valence-electron chi connectivity index (χ1n) is 5.78. The highest BCUT2D eigenvalue weighted by Gasteiger charge is 2.09. The Balaban J connectivity index is 2.22. The molecule has 0 aliphatic heterocycles. The number of aromatic hydroxyl groups is 1. The van der Waals surface area contributed by atoms with Gasteiger partial charge in [-0.25, -0.2) is 0 Å². The van der Waals surface area contributed by atoms with E-state index in [1.54, 1.807) is 10.9 Å². The average Bonchev–Trinajstić information content (AvgIpc) is 2.77. The summed E-state index contributed by atoms with van der Waals surface area (Å²) >= 11 is 0. The Bertz CT molecular complexity index is 698. The van der Waals surface area contributed by atoms with Crippen molar-refractivity contribution in [1.29, 1.82) is 0 Å². The van der Waals surface area contributed by atoms with Crippen LogP contribution >= 0.6 is 0 Å². The molecule has 1 heterocycles. The molecule has 1 aromatic heterocycles. The lowest BCUT2D eigenvalue weighted by molar-refractivity contribution is 0.470. The van der Waals surface area contributed by atoms with Gasteiger partial charge < -0.3 is 5.11 Å². The summed E-state index contributed by atoms with van der Waals surface area (Å²) < 4.78 is 0. The molecule has 0 saturated heterocycles. The van der Waals surface area contributed by atoms with Crippen LogP contribution < -0.4 is 0 Å². The number of hydrogen-bond acceptors (Lipinski definition) is 3. The Morgan fingerprint density at radius 1 is 0.944 bits per heavy atom. The average molecular weight is 239 g/mol. The summed E-state index contributed by atoms with van der Waals surface area (Å²) in [5.41, 5.74) is 4.38. The topological polar surface area (TPSA) is 50.9 Å². The van der Waals surface area contributed by atoms with Crippen LogP contribution in [0.15, 0.2) is 36.4 Å². The first-order chi connectivity index (χ1) is 8.65. The van der Waals surface area contributed by atoms with Gasteiger partial charge in [-0.15, -0.1) is 10.2 Å². The van der Waals surface area contributed by atoms with Gasteiger partial charge in [0, 0.05) is 0 Å². The second kappa shape index (κ2) is 3.84. The highest BCUT2D eigenvalue weighted by atomic mass is 16.3. The molecular formula is C14H13N3O. The summed E-state index contributed by atoms with van der Waals surface area (Å²) in [6.45, 7) is 3.80. The van der Waals surface area contributed by atoms with Gasteiger partial charge in [0.15, 0.2) is 0 Å². The fraction of sp³-hybridized carbons (Fsp3) is 0.143.